The number of hydrogen-bond acceptors (Lipinski definition) is 4. The first-order valence-electron chi connectivity index (χ1n) is 14.3. The van der Waals surface area contributed by atoms with Crippen LogP contribution in [0.3, 0.4) is 0 Å². The summed E-state index contributed by atoms with van der Waals surface area (Å²) < 4.78 is 29.1. The second-order valence-electron chi connectivity index (χ2n) is 10.6. The summed E-state index contributed by atoms with van der Waals surface area (Å²) in [5.74, 6) is -0.764. The van der Waals surface area contributed by atoms with E-state index in [-0.39, 0.29) is 23.4 Å². The Morgan fingerprint density at radius 3 is 2.26 bits per heavy atom. The van der Waals surface area contributed by atoms with Crippen molar-refractivity contribution in [3.05, 3.63) is 94.0 Å². The van der Waals surface area contributed by atoms with Gasteiger partial charge in [0.05, 0.1) is 10.6 Å². The zero-order chi connectivity index (χ0) is 30.3. The third kappa shape index (κ3) is 7.65. The molecule has 0 heterocycles. The average Bonchev–Trinajstić information content (AvgIpc) is 2.98. The van der Waals surface area contributed by atoms with Gasteiger partial charge in [0.2, 0.25) is 11.8 Å². The van der Waals surface area contributed by atoms with Crippen LogP contribution in [0.2, 0.25) is 10.0 Å². The first-order valence-corrected chi connectivity index (χ1v) is 16.5. The maximum Gasteiger partial charge on any atom is 0.264 e. The monoisotopic (exact) mass is 629 g/mol. The second kappa shape index (κ2) is 14.4. The maximum atomic E-state index is 14.3. The second-order valence-corrected chi connectivity index (χ2v) is 13.3. The highest BCUT2D eigenvalue weighted by Crippen LogP contribution is 2.30. The van der Waals surface area contributed by atoms with E-state index < -0.39 is 28.5 Å². The van der Waals surface area contributed by atoms with Crippen LogP contribution in [-0.4, -0.2) is 43.8 Å². The zero-order valence-corrected chi connectivity index (χ0v) is 26.3. The molecule has 0 unspecified atom stereocenters. The van der Waals surface area contributed by atoms with Gasteiger partial charge >= 0.3 is 0 Å². The van der Waals surface area contributed by atoms with Crippen LogP contribution >= 0.6 is 23.2 Å². The van der Waals surface area contributed by atoms with Gasteiger partial charge in [0, 0.05) is 22.6 Å². The Labute approximate surface area is 258 Å². The summed E-state index contributed by atoms with van der Waals surface area (Å²) >= 11 is 12.7. The molecule has 1 saturated carbocycles. The molecule has 224 valence electrons. The van der Waals surface area contributed by atoms with E-state index in [0.29, 0.717) is 33.3 Å². The third-order valence-electron chi connectivity index (χ3n) is 7.67. The molecule has 0 aliphatic heterocycles. The number of carbonyl (C=O) groups excluding carboxylic acids is 2. The van der Waals surface area contributed by atoms with E-state index in [2.05, 4.69) is 5.32 Å². The number of halogens is 2. The lowest BCUT2D eigenvalue weighted by molar-refractivity contribution is -0.140. The topological polar surface area (TPSA) is 86.8 Å². The zero-order valence-electron chi connectivity index (χ0n) is 23.9. The van der Waals surface area contributed by atoms with Gasteiger partial charge in [-0.3, -0.25) is 13.9 Å². The minimum absolute atomic E-state index is 0.0480. The summed E-state index contributed by atoms with van der Waals surface area (Å²) in [5, 5.41) is 4.06. The van der Waals surface area contributed by atoms with Crippen molar-refractivity contribution in [1.82, 2.24) is 10.2 Å². The van der Waals surface area contributed by atoms with Gasteiger partial charge in [0.1, 0.15) is 12.6 Å². The number of nitrogens with one attached hydrogen (secondary N) is 1. The highest BCUT2D eigenvalue weighted by molar-refractivity contribution is 7.92. The van der Waals surface area contributed by atoms with Gasteiger partial charge in [-0.2, -0.15) is 0 Å². The van der Waals surface area contributed by atoms with Crippen molar-refractivity contribution < 1.29 is 18.0 Å². The van der Waals surface area contributed by atoms with Crippen LogP contribution in [0, 0.1) is 6.92 Å². The number of benzene rings is 3. The molecular formula is C32H37Cl2N3O4S. The van der Waals surface area contributed by atoms with Crippen LogP contribution in [0.25, 0.3) is 0 Å². The molecular weight excluding hydrogens is 593 g/mol. The fourth-order valence-corrected chi connectivity index (χ4v) is 7.33. The van der Waals surface area contributed by atoms with Gasteiger partial charge < -0.3 is 10.2 Å². The third-order valence-corrected chi connectivity index (χ3v) is 10.1. The first kappa shape index (κ1) is 31.9. The van der Waals surface area contributed by atoms with E-state index in [4.69, 9.17) is 23.2 Å². The van der Waals surface area contributed by atoms with Gasteiger partial charge in [0.25, 0.3) is 10.0 Å². The van der Waals surface area contributed by atoms with E-state index in [1.807, 2.05) is 13.0 Å². The molecule has 0 aromatic heterocycles. The van der Waals surface area contributed by atoms with Crippen LogP contribution in [0.1, 0.15) is 56.6 Å². The molecule has 3 aromatic rings. The van der Waals surface area contributed by atoms with E-state index >= 15 is 0 Å². The summed E-state index contributed by atoms with van der Waals surface area (Å²) in [5.41, 5.74) is 1.58. The van der Waals surface area contributed by atoms with Crippen LogP contribution in [-0.2, 0) is 26.2 Å². The van der Waals surface area contributed by atoms with Crippen LogP contribution < -0.4 is 9.62 Å². The van der Waals surface area contributed by atoms with Crippen molar-refractivity contribution in [3.63, 3.8) is 0 Å². The maximum absolute atomic E-state index is 14.3. The predicted octanol–water partition coefficient (Wildman–Crippen LogP) is 6.75. The van der Waals surface area contributed by atoms with Gasteiger partial charge in [-0.1, -0.05) is 85.8 Å². The number of sulfonamides is 1. The average molecular weight is 631 g/mol. The van der Waals surface area contributed by atoms with E-state index in [1.54, 1.807) is 61.5 Å². The molecule has 3 aromatic carbocycles. The molecule has 1 atom stereocenters. The van der Waals surface area contributed by atoms with Crippen LogP contribution in [0.4, 0.5) is 5.69 Å². The van der Waals surface area contributed by atoms with Gasteiger partial charge in [-0.15, -0.1) is 0 Å². The van der Waals surface area contributed by atoms with Gasteiger partial charge in [-0.25, -0.2) is 8.42 Å². The molecule has 0 bridgehead atoms. The lowest BCUT2D eigenvalue weighted by atomic mass is 9.95. The SMILES string of the molecule is CC[C@H](C(=O)NC1CCCCC1)N(Cc1ccccc1Cl)C(=O)CN(c1ccc(Cl)cc1C)S(=O)(=O)c1ccccc1. The van der Waals surface area contributed by atoms with Crippen molar-refractivity contribution in [1.29, 1.82) is 0 Å². The fraction of sp³-hybridized carbons (Fsp3) is 0.375. The number of aryl methyl sites for hydroxylation is 1. The Bertz CT molecular complexity index is 1490. The van der Waals surface area contributed by atoms with E-state index in [0.717, 1.165) is 36.4 Å². The standard InChI is InChI=1S/C32H37Cl2N3O4S/c1-3-29(32(39)35-26-13-6-4-7-14-26)36(21-24-12-10-11-17-28(24)34)31(38)22-37(30-19-18-25(33)20-23(30)2)42(40,41)27-15-8-5-9-16-27/h5,8-12,15-20,26,29H,3-4,6-7,13-14,21-22H2,1-2H3,(H,35,39)/t29-/m1/s1. The predicted molar refractivity (Wildman–Crippen MR) is 168 cm³/mol. The fourth-order valence-electron chi connectivity index (χ4n) is 5.41. The molecule has 10 heteroatoms. The molecule has 42 heavy (non-hydrogen) atoms. The highest BCUT2D eigenvalue weighted by Gasteiger charge is 2.35. The van der Waals surface area contributed by atoms with Crippen molar-refractivity contribution in [3.8, 4) is 0 Å². The molecule has 4 rings (SSSR count). The Balaban J connectivity index is 1.73. The highest BCUT2D eigenvalue weighted by atomic mass is 35.5. The van der Waals surface area contributed by atoms with Crippen molar-refractivity contribution in [2.75, 3.05) is 10.8 Å². The Kier molecular flexibility index (Phi) is 10.9. The summed E-state index contributed by atoms with van der Waals surface area (Å²) in [7, 11) is -4.16. The Hall–Kier alpha value is -3.07. The normalized spacial score (nSPS) is 14.7. The largest absolute Gasteiger partial charge is 0.352 e. The van der Waals surface area contributed by atoms with Gasteiger partial charge in [-0.05, 0) is 73.7 Å². The van der Waals surface area contributed by atoms with Crippen LogP contribution in [0.5, 0.6) is 0 Å². The molecule has 1 N–H and O–H groups in total. The molecule has 7 nitrogen and oxygen atoms in total. The number of nitrogens with zero attached hydrogens (tertiary/aromatic N) is 2. The molecule has 1 aliphatic rings. The van der Waals surface area contributed by atoms with Crippen molar-refractivity contribution >= 4 is 50.7 Å². The van der Waals surface area contributed by atoms with Gasteiger partial charge in [0.15, 0.2) is 0 Å². The van der Waals surface area contributed by atoms with E-state index in [9.17, 15) is 18.0 Å². The molecule has 2 amide bonds. The Morgan fingerprint density at radius 1 is 0.952 bits per heavy atom. The van der Waals surface area contributed by atoms with Crippen molar-refractivity contribution in [2.24, 2.45) is 0 Å². The summed E-state index contributed by atoms with van der Waals surface area (Å²) in [6.07, 6.45) is 5.41. The number of rotatable bonds is 11. The quantitative estimate of drug-likeness (QED) is 0.254. The van der Waals surface area contributed by atoms with E-state index in [1.165, 1.54) is 17.0 Å². The smallest absolute Gasteiger partial charge is 0.264 e. The minimum Gasteiger partial charge on any atom is -0.352 e. The lowest BCUT2D eigenvalue weighted by Gasteiger charge is -2.35. The molecule has 0 spiro atoms. The number of hydrogen-bond donors (Lipinski definition) is 1. The van der Waals surface area contributed by atoms with Crippen LogP contribution in [0.15, 0.2) is 77.7 Å². The summed E-state index contributed by atoms with van der Waals surface area (Å²) in [4.78, 5) is 29.4. The molecule has 1 fully saturated rings. The summed E-state index contributed by atoms with van der Waals surface area (Å²) in [6, 6.07) is 19.2. The molecule has 1 aliphatic carbocycles. The molecule has 0 saturated heterocycles. The minimum atomic E-state index is -4.16. The number of amides is 2. The van der Waals surface area contributed by atoms with Crippen molar-refractivity contribution in [2.45, 2.75) is 75.9 Å². The summed E-state index contributed by atoms with van der Waals surface area (Å²) in [6.45, 7) is 3.12. The number of carbonyl (C=O) groups is 2. The Morgan fingerprint density at radius 2 is 1.62 bits per heavy atom. The lowest BCUT2D eigenvalue weighted by Crippen LogP contribution is -2.54. The molecule has 0 radical (unpaired) electrons. The first-order chi connectivity index (χ1) is 20.1. The number of anilines is 1.